The number of hydrogen-bond acceptors (Lipinski definition) is 4. The molecule has 0 radical (unpaired) electrons. The van der Waals surface area contributed by atoms with E-state index in [1.807, 2.05) is 48.5 Å². The Labute approximate surface area is 211 Å². The molecule has 0 saturated carbocycles. The zero-order chi connectivity index (χ0) is 25.2. The van der Waals surface area contributed by atoms with Gasteiger partial charge in [-0.05, 0) is 46.9 Å². The minimum absolute atomic E-state index is 0.0152. The molecule has 0 aliphatic carbocycles. The molecule has 1 saturated heterocycles. The van der Waals surface area contributed by atoms with E-state index in [0.29, 0.717) is 50.6 Å². The van der Waals surface area contributed by atoms with Crippen LogP contribution in [0, 0.1) is 0 Å². The Hall–Kier alpha value is -3.87. The zero-order valence-electron chi connectivity index (χ0n) is 20.7. The maximum atomic E-state index is 13.7. The molecule has 3 aromatic rings. The first-order chi connectivity index (χ1) is 17.4. The van der Waals surface area contributed by atoms with Gasteiger partial charge in [0.1, 0.15) is 6.04 Å². The van der Waals surface area contributed by atoms with E-state index in [1.165, 1.54) is 11.8 Å². The summed E-state index contributed by atoms with van der Waals surface area (Å²) in [4.78, 5) is 45.2. The van der Waals surface area contributed by atoms with E-state index in [-0.39, 0.29) is 23.5 Å². The van der Waals surface area contributed by atoms with E-state index in [0.717, 1.165) is 11.1 Å². The first kappa shape index (κ1) is 23.9. The standard InChI is InChI=1S/C29H31N3O4/c1-20(2)21-9-11-22(12-10-21)27(33)30-13-15-31(16-14-30)28(34)25-18-23-6-3-4-7-24(23)19-32(25)29(35)26-8-5-17-36-26/h3-12,17,20,25H,13-16,18-19H2,1-2H3. The van der Waals surface area contributed by atoms with Crippen LogP contribution in [0.2, 0.25) is 0 Å². The van der Waals surface area contributed by atoms with Crippen molar-refractivity contribution in [1.29, 1.82) is 0 Å². The van der Waals surface area contributed by atoms with Crippen molar-refractivity contribution in [3.05, 3.63) is 94.9 Å². The summed E-state index contributed by atoms with van der Waals surface area (Å²) in [5, 5.41) is 0. The first-order valence-corrected chi connectivity index (χ1v) is 12.5. The fourth-order valence-corrected chi connectivity index (χ4v) is 5.03. The number of piperazine rings is 1. The summed E-state index contributed by atoms with van der Waals surface area (Å²) < 4.78 is 5.35. The van der Waals surface area contributed by atoms with Crippen LogP contribution in [0.3, 0.4) is 0 Å². The average Bonchev–Trinajstić information content (AvgIpc) is 3.46. The molecule has 3 heterocycles. The van der Waals surface area contributed by atoms with E-state index in [2.05, 4.69) is 13.8 Å². The maximum Gasteiger partial charge on any atom is 0.290 e. The highest BCUT2D eigenvalue weighted by atomic mass is 16.3. The SMILES string of the molecule is CC(C)c1ccc(C(=O)N2CCN(C(=O)C3Cc4ccccc4CN3C(=O)c3ccco3)CC2)cc1. The molecule has 1 fully saturated rings. The third kappa shape index (κ3) is 4.65. The minimum Gasteiger partial charge on any atom is -0.459 e. The highest BCUT2D eigenvalue weighted by Gasteiger charge is 2.39. The molecule has 2 aliphatic rings. The van der Waals surface area contributed by atoms with Gasteiger partial charge in [-0.2, -0.15) is 0 Å². The molecule has 1 aromatic heterocycles. The van der Waals surface area contributed by atoms with Gasteiger partial charge in [0.15, 0.2) is 5.76 Å². The van der Waals surface area contributed by atoms with Gasteiger partial charge in [0.25, 0.3) is 11.8 Å². The largest absolute Gasteiger partial charge is 0.459 e. The molecule has 7 heteroatoms. The van der Waals surface area contributed by atoms with E-state index in [9.17, 15) is 14.4 Å². The Bertz CT molecular complexity index is 1240. The number of nitrogens with zero attached hydrogens (tertiary/aromatic N) is 3. The lowest BCUT2D eigenvalue weighted by molar-refractivity contribution is -0.138. The van der Waals surface area contributed by atoms with Crippen LogP contribution in [0.1, 0.15) is 57.4 Å². The molecule has 0 spiro atoms. The molecule has 0 bridgehead atoms. The Morgan fingerprint density at radius 1 is 0.806 bits per heavy atom. The van der Waals surface area contributed by atoms with E-state index in [1.54, 1.807) is 26.8 Å². The van der Waals surface area contributed by atoms with Crippen molar-refractivity contribution in [2.45, 2.75) is 38.8 Å². The lowest BCUT2D eigenvalue weighted by Crippen LogP contribution is -2.58. The number of hydrogen-bond donors (Lipinski definition) is 0. The van der Waals surface area contributed by atoms with E-state index in [4.69, 9.17) is 4.42 Å². The van der Waals surface area contributed by atoms with E-state index >= 15 is 0 Å². The molecular weight excluding hydrogens is 454 g/mol. The third-order valence-corrected chi connectivity index (χ3v) is 7.23. The topological polar surface area (TPSA) is 74.1 Å². The molecule has 0 N–H and O–H groups in total. The minimum atomic E-state index is -0.608. The van der Waals surface area contributed by atoms with Crippen LogP contribution >= 0.6 is 0 Å². The van der Waals surface area contributed by atoms with Crippen molar-refractivity contribution >= 4 is 17.7 Å². The van der Waals surface area contributed by atoms with Gasteiger partial charge in [-0.15, -0.1) is 0 Å². The Morgan fingerprint density at radius 2 is 1.47 bits per heavy atom. The van der Waals surface area contributed by atoms with Crippen LogP contribution in [-0.2, 0) is 17.8 Å². The Morgan fingerprint density at radius 3 is 2.11 bits per heavy atom. The van der Waals surface area contributed by atoms with Crippen molar-refractivity contribution in [3.63, 3.8) is 0 Å². The number of amides is 3. The number of carbonyl (C=O) groups is 3. The molecule has 5 rings (SSSR count). The van der Waals surface area contributed by atoms with Gasteiger partial charge in [0.2, 0.25) is 5.91 Å². The summed E-state index contributed by atoms with van der Waals surface area (Å²) in [5.41, 5.74) is 3.99. The van der Waals surface area contributed by atoms with Crippen molar-refractivity contribution < 1.29 is 18.8 Å². The van der Waals surface area contributed by atoms with Gasteiger partial charge in [-0.1, -0.05) is 50.2 Å². The number of fused-ring (bicyclic) bond motifs is 1. The quantitative estimate of drug-likeness (QED) is 0.561. The van der Waals surface area contributed by atoms with Crippen molar-refractivity contribution in [2.75, 3.05) is 26.2 Å². The second kappa shape index (κ2) is 10.0. The summed E-state index contributed by atoms with van der Waals surface area (Å²) >= 11 is 0. The van der Waals surface area contributed by atoms with Crippen molar-refractivity contribution in [1.82, 2.24) is 14.7 Å². The maximum absolute atomic E-state index is 13.7. The summed E-state index contributed by atoms with van der Waals surface area (Å²) in [5.74, 6) is 0.253. The molecule has 1 atom stereocenters. The lowest BCUT2D eigenvalue weighted by atomic mass is 9.92. The fraction of sp³-hybridized carbons (Fsp3) is 0.345. The highest BCUT2D eigenvalue weighted by molar-refractivity contribution is 5.96. The molecule has 7 nitrogen and oxygen atoms in total. The first-order valence-electron chi connectivity index (χ1n) is 12.5. The zero-order valence-corrected chi connectivity index (χ0v) is 20.7. The Kier molecular flexibility index (Phi) is 6.63. The third-order valence-electron chi connectivity index (χ3n) is 7.23. The molecular formula is C29H31N3O4. The molecule has 36 heavy (non-hydrogen) atoms. The molecule has 1 unspecified atom stereocenters. The molecule has 2 aromatic carbocycles. The molecule has 3 amide bonds. The Balaban J connectivity index is 1.28. The molecule has 186 valence electrons. The van der Waals surface area contributed by atoms with Crippen LogP contribution in [-0.4, -0.2) is 64.6 Å². The highest BCUT2D eigenvalue weighted by Crippen LogP contribution is 2.27. The van der Waals surface area contributed by atoms with Crippen molar-refractivity contribution in [2.24, 2.45) is 0 Å². The molecule has 2 aliphatic heterocycles. The van der Waals surface area contributed by atoms with Gasteiger partial charge in [-0.25, -0.2) is 0 Å². The lowest BCUT2D eigenvalue weighted by Gasteiger charge is -2.41. The second-order valence-corrected chi connectivity index (χ2v) is 9.79. The fourth-order valence-electron chi connectivity index (χ4n) is 5.03. The summed E-state index contributed by atoms with van der Waals surface area (Å²) in [6, 6.07) is 18.4. The van der Waals surface area contributed by atoms with Crippen LogP contribution in [0.4, 0.5) is 0 Å². The van der Waals surface area contributed by atoms with Gasteiger partial charge >= 0.3 is 0 Å². The summed E-state index contributed by atoms with van der Waals surface area (Å²) in [6.45, 7) is 6.42. The predicted octanol–water partition coefficient (Wildman–Crippen LogP) is 3.95. The van der Waals surface area contributed by atoms with Gasteiger partial charge < -0.3 is 19.1 Å². The summed E-state index contributed by atoms with van der Waals surface area (Å²) in [7, 11) is 0. The number of carbonyl (C=O) groups excluding carboxylic acids is 3. The summed E-state index contributed by atoms with van der Waals surface area (Å²) in [6.07, 6.45) is 1.93. The van der Waals surface area contributed by atoms with Crippen molar-refractivity contribution in [3.8, 4) is 0 Å². The van der Waals surface area contributed by atoms with E-state index < -0.39 is 6.04 Å². The normalized spacial score (nSPS) is 17.8. The van der Waals surface area contributed by atoms with Gasteiger partial charge in [-0.3, -0.25) is 14.4 Å². The van der Waals surface area contributed by atoms with Gasteiger partial charge in [0.05, 0.1) is 6.26 Å². The monoisotopic (exact) mass is 485 g/mol. The van der Waals surface area contributed by atoms with Crippen LogP contribution in [0.5, 0.6) is 0 Å². The van der Waals surface area contributed by atoms with Crippen LogP contribution in [0.25, 0.3) is 0 Å². The van der Waals surface area contributed by atoms with Gasteiger partial charge in [0, 0.05) is 44.7 Å². The average molecular weight is 486 g/mol. The second-order valence-electron chi connectivity index (χ2n) is 9.79. The number of rotatable bonds is 4. The van der Waals surface area contributed by atoms with Crippen LogP contribution < -0.4 is 0 Å². The number of furan rings is 1. The smallest absolute Gasteiger partial charge is 0.290 e. The van der Waals surface area contributed by atoms with Crippen LogP contribution in [0.15, 0.2) is 71.3 Å². The number of benzene rings is 2. The predicted molar refractivity (Wildman–Crippen MR) is 136 cm³/mol.